The molecule has 0 heterocycles. The maximum atomic E-state index is 11.3. The molecule has 6 heteroatoms. The average Bonchev–Trinajstić information content (AvgIpc) is 2.39. The standard InChI is InChI=1S/C12H20O6/c1-15-5-6-17-8-18-11-4-3-9(7-10(11)13)12(14)16-2/h7,10-11,13H,3-6,8H2,1-2H3/t10-,11-/m0/s1. The van der Waals surface area contributed by atoms with Gasteiger partial charge in [0.05, 0.1) is 32.5 Å². The highest BCUT2D eigenvalue weighted by molar-refractivity contribution is 5.88. The van der Waals surface area contributed by atoms with E-state index in [4.69, 9.17) is 14.2 Å². The number of aliphatic hydroxyl groups excluding tert-OH is 1. The molecular weight excluding hydrogens is 240 g/mol. The molecule has 0 bridgehead atoms. The lowest BCUT2D eigenvalue weighted by Gasteiger charge is -2.26. The molecule has 104 valence electrons. The molecule has 2 atom stereocenters. The summed E-state index contributed by atoms with van der Waals surface area (Å²) in [7, 11) is 2.91. The summed E-state index contributed by atoms with van der Waals surface area (Å²) in [4.78, 5) is 11.3. The molecule has 1 rings (SSSR count). The first-order valence-corrected chi connectivity index (χ1v) is 5.84. The second-order valence-corrected chi connectivity index (χ2v) is 3.94. The van der Waals surface area contributed by atoms with E-state index in [9.17, 15) is 9.90 Å². The fourth-order valence-corrected chi connectivity index (χ4v) is 1.69. The van der Waals surface area contributed by atoms with Crippen LogP contribution in [0.1, 0.15) is 12.8 Å². The summed E-state index contributed by atoms with van der Waals surface area (Å²) in [6.07, 6.45) is 1.43. The van der Waals surface area contributed by atoms with Crippen molar-refractivity contribution >= 4 is 5.97 Å². The third kappa shape index (κ3) is 4.73. The highest BCUT2D eigenvalue weighted by atomic mass is 16.7. The van der Waals surface area contributed by atoms with E-state index in [0.29, 0.717) is 31.6 Å². The van der Waals surface area contributed by atoms with Crippen molar-refractivity contribution in [1.82, 2.24) is 0 Å². The predicted molar refractivity (Wildman–Crippen MR) is 62.9 cm³/mol. The van der Waals surface area contributed by atoms with Crippen molar-refractivity contribution in [2.75, 3.05) is 34.2 Å². The van der Waals surface area contributed by atoms with Gasteiger partial charge in [-0.2, -0.15) is 0 Å². The minimum Gasteiger partial charge on any atom is -0.466 e. The van der Waals surface area contributed by atoms with Crippen LogP contribution in [0.5, 0.6) is 0 Å². The third-order valence-corrected chi connectivity index (χ3v) is 2.70. The van der Waals surface area contributed by atoms with Crippen molar-refractivity contribution in [1.29, 1.82) is 0 Å². The van der Waals surface area contributed by atoms with E-state index in [1.807, 2.05) is 0 Å². The van der Waals surface area contributed by atoms with Gasteiger partial charge in [0.2, 0.25) is 0 Å². The topological polar surface area (TPSA) is 74.2 Å². The second-order valence-electron chi connectivity index (χ2n) is 3.94. The molecule has 0 aromatic carbocycles. The first kappa shape index (κ1) is 15.1. The Morgan fingerprint density at radius 3 is 2.83 bits per heavy atom. The second kappa shape index (κ2) is 8.20. The monoisotopic (exact) mass is 260 g/mol. The van der Waals surface area contributed by atoms with E-state index in [-0.39, 0.29) is 12.9 Å². The maximum absolute atomic E-state index is 11.3. The number of hydrogen-bond donors (Lipinski definition) is 1. The number of methoxy groups -OCH3 is 2. The quantitative estimate of drug-likeness (QED) is 0.402. The van der Waals surface area contributed by atoms with Crippen molar-refractivity contribution in [2.45, 2.75) is 25.0 Å². The smallest absolute Gasteiger partial charge is 0.333 e. The average molecular weight is 260 g/mol. The van der Waals surface area contributed by atoms with Crippen LogP contribution in [-0.2, 0) is 23.7 Å². The largest absolute Gasteiger partial charge is 0.466 e. The molecule has 1 aliphatic carbocycles. The minimum absolute atomic E-state index is 0.104. The van der Waals surface area contributed by atoms with Crippen LogP contribution in [-0.4, -0.2) is 57.5 Å². The van der Waals surface area contributed by atoms with Gasteiger partial charge in [0.1, 0.15) is 6.79 Å². The van der Waals surface area contributed by atoms with Crippen molar-refractivity contribution < 1.29 is 28.8 Å². The van der Waals surface area contributed by atoms with Gasteiger partial charge in [-0.15, -0.1) is 0 Å². The van der Waals surface area contributed by atoms with Gasteiger partial charge in [-0.3, -0.25) is 0 Å². The molecule has 0 saturated heterocycles. The van der Waals surface area contributed by atoms with Gasteiger partial charge in [0.25, 0.3) is 0 Å². The summed E-state index contributed by atoms with van der Waals surface area (Å²) in [6.45, 7) is 1.05. The molecule has 0 amide bonds. The van der Waals surface area contributed by atoms with Gasteiger partial charge in [-0.1, -0.05) is 0 Å². The highest BCUT2D eigenvalue weighted by Crippen LogP contribution is 2.22. The minimum atomic E-state index is -0.807. The maximum Gasteiger partial charge on any atom is 0.333 e. The summed E-state index contributed by atoms with van der Waals surface area (Å²) in [6, 6.07) is 0. The van der Waals surface area contributed by atoms with Gasteiger partial charge >= 0.3 is 5.97 Å². The van der Waals surface area contributed by atoms with Crippen molar-refractivity contribution in [3.8, 4) is 0 Å². The van der Waals surface area contributed by atoms with Gasteiger partial charge in [-0.05, 0) is 18.9 Å². The number of rotatable bonds is 7. The zero-order valence-corrected chi connectivity index (χ0v) is 10.8. The van der Waals surface area contributed by atoms with Crippen molar-refractivity contribution in [3.63, 3.8) is 0 Å². The van der Waals surface area contributed by atoms with E-state index in [0.717, 1.165) is 0 Å². The van der Waals surface area contributed by atoms with Gasteiger partial charge in [0, 0.05) is 12.7 Å². The van der Waals surface area contributed by atoms with E-state index in [1.54, 1.807) is 7.11 Å². The molecule has 18 heavy (non-hydrogen) atoms. The number of ether oxygens (including phenoxy) is 4. The Hall–Kier alpha value is -0.950. The summed E-state index contributed by atoms with van der Waals surface area (Å²) >= 11 is 0. The molecule has 0 aromatic heterocycles. The van der Waals surface area contributed by atoms with Crippen LogP contribution in [0.4, 0.5) is 0 Å². The van der Waals surface area contributed by atoms with Crippen LogP contribution < -0.4 is 0 Å². The molecule has 0 aromatic rings. The Morgan fingerprint density at radius 2 is 2.22 bits per heavy atom. The van der Waals surface area contributed by atoms with E-state index in [1.165, 1.54) is 13.2 Å². The molecule has 0 aliphatic heterocycles. The summed E-state index contributed by atoms with van der Waals surface area (Å²) in [5.41, 5.74) is 0.491. The zero-order valence-electron chi connectivity index (χ0n) is 10.8. The Labute approximate surface area is 106 Å². The number of hydrogen-bond acceptors (Lipinski definition) is 6. The SMILES string of the molecule is COCCOCO[C@H]1CCC(C(=O)OC)=C[C@@H]1O. The molecular formula is C12H20O6. The first-order chi connectivity index (χ1) is 8.69. The molecule has 1 N–H and O–H groups in total. The van der Waals surface area contributed by atoms with Crippen LogP contribution in [0, 0.1) is 0 Å². The lowest BCUT2D eigenvalue weighted by Crippen LogP contribution is -2.33. The summed E-state index contributed by atoms with van der Waals surface area (Å²) < 4.78 is 19.9. The third-order valence-electron chi connectivity index (χ3n) is 2.70. The molecule has 1 aliphatic rings. The number of esters is 1. The van der Waals surface area contributed by atoms with E-state index >= 15 is 0 Å². The van der Waals surface area contributed by atoms with Gasteiger partial charge in [-0.25, -0.2) is 4.79 Å². The Morgan fingerprint density at radius 1 is 1.44 bits per heavy atom. The molecule has 0 saturated carbocycles. The van der Waals surface area contributed by atoms with Crippen molar-refractivity contribution in [3.05, 3.63) is 11.6 Å². The van der Waals surface area contributed by atoms with Crippen LogP contribution in [0.25, 0.3) is 0 Å². The Bertz CT molecular complexity index is 288. The zero-order chi connectivity index (χ0) is 13.4. The normalized spacial score (nSPS) is 23.6. The van der Waals surface area contributed by atoms with E-state index in [2.05, 4.69) is 4.74 Å². The van der Waals surface area contributed by atoms with Gasteiger partial charge < -0.3 is 24.1 Å². The molecule has 0 unspecified atom stereocenters. The lowest BCUT2D eigenvalue weighted by molar-refractivity contribution is -0.138. The van der Waals surface area contributed by atoms with Crippen LogP contribution in [0.3, 0.4) is 0 Å². The van der Waals surface area contributed by atoms with Crippen LogP contribution in [0.2, 0.25) is 0 Å². The lowest BCUT2D eigenvalue weighted by atomic mass is 9.95. The fraction of sp³-hybridized carbons (Fsp3) is 0.750. The molecule has 0 fully saturated rings. The van der Waals surface area contributed by atoms with E-state index < -0.39 is 12.1 Å². The molecule has 6 nitrogen and oxygen atoms in total. The summed E-state index contributed by atoms with van der Waals surface area (Å²) in [5.74, 6) is -0.399. The Balaban J connectivity index is 2.29. The predicted octanol–water partition coefficient (Wildman–Crippen LogP) is 0.246. The Kier molecular flexibility index (Phi) is 6.89. The van der Waals surface area contributed by atoms with Crippen LogP contribution in [0.15, 0.2) is 11.6 Å². The number of carbonyl (C=O) groups excluding carboxylic acids is 1. The summed E-state index contributed by atoms with van der Waals surface area (Å²) in [5, 5.41) is 9.80. The molecule has 0 spiro atoms. The first-order valence-electron chi connectivity index (χ1n) is 5.84. The fourth-order valence-electron chi connectivity index (χ4n) is 1.69. The number of carbonyl (C=O) groups is 1. The molecule has 0 radical (unpaired) electrons. The van der Waals surface area contributed by atoms with Crippen LogP contribution >= 0.6 is 0 Å². The highest BCUT2D eigenvalue weighted by Gasteiger charge is 2.26. The number of aliphatic hydroxyl groups is 1. The van der Waals surface area contributed by atoms with Gasteiger partial charge in [0.15, 0.2) is 0 Å². The van der Waals surface area contributed by atoms with Crippen molar-refractivity contribution in [2.24, 2.45) is 0 Å².